The Morgan fingerprint density at radius 2 is 2.16 bits per heavy atom. The van der Waals surface area contributed by atoms with Crippen molar-refractivity contribution in [2.75, 3.05) is 19.4 Å². The molecule has 0 bridgehead atoms. The Balaban J connectivity index is 0.000000858. The number of halogens is 1. The second-order valence-corrected chi connectivity index (χ2v) is 7.78. The van der Waals surface area contributed by atoms with Crippen LogP contribution in [0.1, 0.15) is 36.1 Å². The summed E-state index contributed by atoms with van der Waals surface area (Å²) < 4.78 is 5.23. The smallest absolute Gasteiger partial charge is 0.290 e. The van der Waals surface area contributed by atoms with E-state index in [9.17, 15) is 10.1 Å². The second-order valence-electron chi connectivity index (χ2n) is 7.37. The number of carboxylic acid groups (broad SMARTS) is 1. The van der Waals surface area contributed by atoms with Crippen molar-refractivity contribution >= 4 is 29.8 Å². The Labute approximate surface area is 185 Å². The number of anilines is 1. The van der Waals surface area contributed by atoms with Gasteiger partial charge in [-0.25, -0.2) is 4.98 Å². The van der Waals surface area contributed by atoms with Crippen molar-refractivity contribution in [3.8, 4) is 22.9 Å². The van der Waals surface area contributed by atoms with Crippen LogP contribution in [0.4, 0.5) is 5.82 Å². The zero-order valence-corrected chi connectivity index (χ0v) is 17.9. The maximum Gasteiger partial charge on any atom is 0.290 e. The third-order valence-electron chi connectivity index (χ3n) is 5.70. The monoisotopic (exact) mass is 442 g/mol. The van der Waals surface area contributed by atoms with E-state index in [1.165, 1.54) is 0 Å². The summed E-state index contributed by atoms with van der Waals surface area (Å²) in [6, 6.07) is 7.51. The average molecular weight is 443 g/mol. The first-order chi connectivity index (χ1) is 14.9. The number of carbonyl (C=O) groups is 2. The first kappa shape index (κ1) is 22.4. The lowest BCUT2D eigenvalue weighted by atomic mass is 9.83. The summed E-state index contributed by atoms with van der Waals surface area (Å²) >= 11 is 6.52. The molecule has 1 fully saturated rings. The Hall–Kier alpha value is -3.31. The van der Waals surface area contributed by atoms with Crippen LogP contribution in [0.5, 0.6) is 5.75 Å². The van der Waals surface area contributed by atoms with Crippen LogP contribution in [0.25, 0.3) is 11.1 Å². The van der Waals surface area contributed by atoms with Gasteiger partial charge in [0.25, 0.3) is 6.47 Å². The number of carbonyl (C=O) groups excluding carboxylic acids is 1. The minimum Gasteiger partial charge on any atom is -0.497 e. The normalized spacial score (nSPS) is 14.9. The van der Waals surface area contributed by atoms with Gasteiger partial charge in [-0.15, -0.1) is 0 Å². The van der Waals surface area contributed by atoms with E-state index in [-0.39, 0.29) is 24.1 Å². The molecule has 2 aliphatic rings. The first-order valence-electron chi connectivity index (χ1n) is 9.87. The predicted molar refractivity (Wildman–Crippen MR) is 116 cm³/mol. The number of nitriles is 1. The SMILES string of the molecule is COc1ccc(-c2c(C#N)c(N)nc3c2CN(C(=O)C2CCC2)CC3)c(Cl)c1.O=CO. The molecule has 0 saturated heterocycles. The van der Waals surface area contributed by atoms with Crippen LogP contribution in [0.2, 0.25) is 5.02 Å². The van der Waals surface area contributed by atoms with Crippen molar-refractivity contribution in [3.05, 3.63) is 40.0 Å². The van der Waals surface area contributed by atoms with Crippen LogP contribution in [0.3, 0.4) is 0 Å². The van der Waals surface area contributed by atoms with Gasteiger partial charge in [0.2, 0.25) is 5.91 Å². The van der Waals surface area contributed by atoms with Crippen molar-refractivity contribution < 1.29 is 19.4 Å². The Morgan fingerprint density at radius 3 is 2.71 bits per heavy atom. The number of nitrogens with two attached hydrogens (primary N) is 1. The van der Waals surface area contributed by atoms with E-state index in [0.717, 1.165) is 30.5 Å². The molecule has 0 radical (unpaired) electrons. The number of pyridine rings is 1. The van der Waals surface area contributed by atoms with Gasteiger partial charge in [-0.3, -0.25) is 9.59 Å². The zero-order valence-electron chi connectivity index (χ0n) is 17.1. The Kier molecular flexibility index (Phi) is 6.98. The van der Waals surface area contributed by atoms with Gasteiger partial charge >= 0.3 is 0 Å². The molecule has 1 amide bonds. The first-order valence-corrected chi connectivity index (χ1v) is 10.2. The van der Waals surface area contributed by atoms with E-state index < -0.39 is 0 Å². The van der Waals surface area contributed by atoms with E-state index in [0.29, 0.717) is 47.0 Å². The van der Waals surface area contributed by atoms with Gasteiger partial charge in [0.1, 0.15) is 23.2 Å². The molecule has 9 heteroatoms. The third-order valence-corrected chi connectivity index (χ3v) is 6.02. The molecule has 1 aromatic heterocycles. The molecular weight excluding hydrogens is 420 g/mol. The summed E-state index contributed by atoms with van der Waals surface area (Å²) in [5.74, 6) is 1.15. The molecule has 0 atom stereocenters. The standard InChI is InChI=1S/C21H21ClN4O2.CH2O2/c1-28-13-5-6-14(17(22)9-13)19-15(10-23)20(24)25-18-7-8-26(11-16(18)19)21(27)12-3-2-4-12;2-1-3/h5-6,9,12H,2-4,7-8,11H2,1H3,(H2,24,25);1H,(H,2,3). The highest BCUT2D eigenvalue weighted by Crippen LogP contribution is 2.40. The number of rotatable bonds is 3. The molecule has 4 rings (SSSR count). The average Bonchev–Trinajstić information content (AvgIpc) is 2.72. The number of hydrogen-bond donors (Lipinski definition) is 2. The topological polar surface area (TPSA) is 130 Å². The molecule has 0 spiro atoms. The quantitative estimate of drug-likeness (QED) is 0.697. The number of amides is 1. The van der Waals surface area contributed by atoms with Gasteiger partial charge in [-0.05, 0) is 31.0 Å². The van der Waals surface area contributed by atoms with Crippen molar-refractivity contribution in [3.63, 3.8) is 0 Å². The molecular formula is C22H23ClN4O4. The fourth-order valence-electron chi connectivity index (χ4n) is 3.92. The van der Waals surface area contributed by atoms with Crippen molar-refractivity contribution in [2.24, 2.45) is 5.92 Å². The van der Waals surface area contributed by atoms with E-state index in [4.69, 9.17) is 32.0 Å². The highest BCUT2D eigenvalue weighted by atomic mass is 35.5. The fraction of sp³-hybridized carbons (Fsp3) is 0.364. The van der Waals surface area contributed by atoms with Crippen LogP contribution < -0.4 is 10.5 Å². The Morgan fingerprint density at radius 1 is 1.45 bits per heavy atom. The van der Waals surface area contributed by atoms with Gasteiger partial charge in [0, 0.05) is 42.1 Å². The van der Waals surface area contributed by atoms with E-state index in [1.54, 1.807) is 19.2 Å². The molecule has 1 saturated carbocycles. The van der Waals surface area contributed by atoms with Crippen LogP contribution in [-0.4, -0.2) is 41.0 Å². The summed E-state index contributed by atoms with van der Waals surface area (Å²) in [6.45, 7) is 0.792. The second kappa shape index (κ2) is 9.67. The number of ether oxygens (including phenoxy) is 1. The van der Waals surface area contributed by atoms with E-state index >= 15 is 0 Å². The predicted octanol–water partition coefficient (Wildman–Crippen LogP) is 3.25. The van der Waals surface area contributed by atoms with Crippen LogP contribution in [0, 0.1) is 17.2 Å². The third kappa shape index (κ3) is 4.42. The highest BCUT2D eigenvalue weighted by molar-refractivity contribution is 6.33. The number of fused-ring (bicyclic) bond motifs is 1. The lowest BCUT2D eigenvalue weighted by Gasteiger charge is -2.35. The molecule has 0 unspecified atom stereocenters. The van der Waals surface area contributed by atoms with Gasteiger partial charge < -0.3 is 20.5 Å². The van der Waals surface area contributed by atoms with Crippen molar-refractivity contribution in [1.29, 1.82) is 5.26 Å². The fourth-order valence-corrected chi connectivity index (χ4v) is 4.18. The lowest BCUT2D eigenvalue weighted by Crippen LogP contribution is -2.42. The zero-order chi connectivity index (χ0) is 22.5. The van der Waals surface area contributed by atoms with Crippen LogP contribution >= 0.6 is 11.6 Å². The maximum atomic E-state index is 12.8. The molecule has 1 aliphatic carbocycles. The number of aromatic nitrogens is 1. The summed E-state index contributed by atoms with van der Waals surface area (Å²) in [5, 5.41) is 17.1. The largest absolute Gasteiger partial charge is 0.497 e. The molecule has 31 heavy (non-hydrogen) atoms. The van der Waals surface area contributed by atoms with Gasteiger partial charge in [-0.2, -0.15) is 5.26 Å². The molecule has 3 N–H and O–H groups in total. The lowest BCUT2D eigenvalue weighted by molar-refractivity contribution is -0.139. The number of methoxy groups -OCH3 is 1. The van der Waals surface area contributed by atoms with Gasteiger partial charge in [-0.1, -0.05) is 18.0 Å². The summed E-state index contributed by atoms with van der Waals surface area (Å²) in [7, 11) is 1.57. The van der Waals surface area contributed by atoms with E-state index in [2.05, 4.69) is 11.1 Å². The molecule has 2 heterocycles. The maximum absolute atomic E-state index is 12.8. The number of hydrogen-bond acceptors (Lipinski definition) is 6. The highest BCUT2D eigenvalue weighted by Gasteiger charge is 2.33. The Bertz CT molecular complexity index is 1050. The number of nitrogen functional groups attached to an aromatic ring is 1. The summed E-state index contributed by atoms with van der Waals surface area (Å²) in [5.41, 5.74) is 9.44. The minimum absolute atomic E-state index is 0.131. The van der Waals surface area contributed by atoms with E-state index in [1.807, 2.05) is 11.0 Å². The molecule has 1 aromatic carbocycles. The van der Waals surface area contributed by atoms with Crippen molar-refractivity contribution in [2.45, 2.75) is 32.2 Å². The minimum atomic E-state index is -0.250. The van der Waals surface area contributed by atoms with Crippen molar-refractivity contribution in [1.82, 2.24) is 9.88 Å². The van der Waals surface area contributed by atoms with Crippen LogP contribution in [0.15, 0.2) is 18.2 Å². The molecule has 8 nitrogen and oxygen atoms in total. The molecule has 162 valence electrons. The van der Waals surface area contributed by atoms with Gasteiger partial charge in [0.05, 0.1) is 17.8 Å². The molecule has 2 aromatic rings. The number of nitrogens with zero attached hydrogens (tertiary/aromatic N) is 3. The summed E-state index contributed by atoms with van der Waals surface area (Å²) in [6.07, 6.45) is 3.65. The molecule has 1 aliphatic heterocycles. The van der Waals surface area contributed by atoms with Crippen LogP contribution in [-0.2, 0) is 22.6 Å². The summed E-state index contributed by atoms with van der Waals surface area (Å²) in [4.78, 5) is 27.5. The number of benzene rings is 1. The van der Waals surface area contributed by atoms with Gasteiger partial charge in [0.15, 0.2) is 0 Å².